The second kappa shape index (κ2) is 12.9. The van der Waals surface area contributed by atoms with Crippen LogP contribution in [0.1, 0.15) is 56.9 Å². The molecule has 1 saturated heterocycles. The Morgan fingerprint density at radius 1 is 1.14 bits per heavy atom. The summed E-state index contributed by atoms with van der Waals surface area (Å²) in [4.78, 5) is 57.2. The van der Waals surface area contributed by atoms with Crippen LogP contribution in [-0.4, -0.2) is 79.8 Å². The van der Waals surface area contributed by atoms with E-state index in [1.54, 1.807) is 15.9 Å². The highest BCUT2D eigenvalue weighted by molar-refractivity contribution is 5.92. The first-order valence-corrected chi connectivity index (χ1v) is 16.6. The highest BCUT2D eigenvalue weighted by atomic mass is 19.1. The minimum absolute atomic E-state index is 0.0686. The van der Waals surface area contributed by atoms with Gasteiger partial charge in [-0.3, -0.25) is 14.6 Å². The Balaban J connectivity index is 1.55. The monoisotopic (exact) mass is 686 g/mol. The van der Waals surface area contributed by atoms with Gasteiger partial charge in [0.25, 0.3) is 0 Å². The zero-order valence-corrected chi connectivity index (χ0v) is 27.8. The third kappa shape index (κ3) is 5.76. The first-order valence-electron chi connectivity index (χ1n) is 16.6. The number of pyridine rings is 2. The first kappa shape index (κ1) is 33.3. The van der Waals surface area contributed by atoms with Gasteiger partial charge in [-0.15, -0.1) is 0 Å². The zero-order chi connectivity index (χ0) is 35.4. The summed E-state index contributed by atoms with van der Waals surface area (Å²) in [6.07, 6.45) is 1.18. The molecule has 5 heterocycles. The number of aliphatic hydroxyl groups is 1. The highest BCUT2D eigenvalue weighted by Gasteiger charge is 2.39. The van der Waals surface area contributed by atoms with Crippen LogP contribution in [0, 0.1) is 17.6 Å². The minimum atomic E-state index is -1.50. The lowest BCUT2D eigenvalue weighted by Gasteiger charge is -2.40. The van der Waals surface area contributed by atoms with Crippen LogP contribution in [0.2, 0.25) is 0 Å². The number of aromatic nitrogens is 4. The van der Waals surface area contributed by atoms with Crippen LogP contribution in [0.15, 0.2) is 54.0 Å². The van der Waals surface area contributed by atoms with Crippen LogP contribution in [0.5, 0.6) is 5.75 Å². The predicted molar refractivity (Wildman–Crippen MR) is 179 cm³/mol. The van der Waals surface area contributed by atoms with E-state index in [1.165, 1.54) is 29.0 Å². The lowest BCUT2D eigenvalue weighted by atomic mass is 9.97. The number of esters is 1. The van der Waals surface area contributed by atoms with Crippen molar-refractivity contribution < 1.29 is 33.0 Å². The summed E-state index contributed by atoms with van der Waals surface area (Å²) in [5, 5.41) is 11.8. The molecule has 1 aliphatic carbocycles. The number of carbonyl (C=O) groups excluding carboxylic acids is 2. The Labute approximate surface area is 286 Å². The van der Waals surface area contributed by atoms with Crippen molar-refractivity contribution in [3.05, 3.63) is 82.6 Å². The number of ether oxygens (including phenoxy) is 2. The van der Waals surface area contributed by atoms with Crippen molar-refractivity contribution in [2.75, 3.05) is 31.1 Å². The van der Waals surface area contributed by atoms with E-state index >= 15 is 8.78 Å². The van der Waals surface area contributed by atoms with Gasteiger partial charge in [0.1, 0.15) is 35.8 Å². The van der Waals surface area contributed by atoms with E-state index in [0.29, 0.717) is 25.1 Å². The molecule has 14 heteroatoms. The molecule has 2 fully saturated rings. The van der Waals surface area contributed by atoms with Crippen LogP contribution in [0.3, 0.4) is 0 Å². The number of anilines is 1. The van der Waals surface area contributed by atoms with Gasteiger partial charge in [0.15, 0.2) is 17.6 Å². The SMILES string of the molecule is C=CC(=O)N1CCN(c2nc(=O)n3c4nc(c(F)cc24)-c2c(F)cccc2OCC(O)C(OC(=O)C2CC2)c2ccnc(C(C)C)c2-3)[C@@H](C)C1. The van der Waals surface area contributed by atoms with Gasteiger partial charge in [-0.25, -0.2) is 23.1 Å². The van der Waals surface area contributed by atoms with E-state index in [2.05, 4.69) is 21.5 Å². The van der Waals surface area contributed by atoms with Gasteiger partial charge in [-0.05, 0) is 56.0 Å². The number of hydrogen-bond acceptors (Lipinski definition) is 10. The summed E-state index contributed by atoms with van der Waals surface area (Å²) >= 11 is 0. The third-order valence-electron chi connectivity index (χ3n) is 9.37. The minimum Gasteiger partial charge on any atom is -0.490 e. The van der Waals surface area contributed by atoms with Gasteiger partial charge in [-0.2, -0.15) is 4.98 Å². The van der Waals surface area contributed by atoms with E-state index in [9.17, 15) is 19.5 Å². The van der Waals surface area contributed by atoms with Crippen LogP contribution in [0.4, 0.5) is 14.6 Å². The normalized spacial score (nSPS) is 20.4. The number of aliphatic hydroxyl groups excluding tert-OH is 1. The fourth-order valence-corrected chi connectivity index (χ4v) is 6.69. The molecule has 1 aromatic carbocycles. The number of piperazine rings is 1. The summed E-state index contributed by atoms with van der Waals surface area (Å²) < 4.78 is 45.1. The fourth-order valence-electron chi connectivity index (χ4n) is 6.69. The number of nitrogens with zero attached hydrogens (tertiary/aromatic N) is 6. The third-order valence-corrected chi connectivity index (χ3v) is 9.37. The van der Waals surface area contributed by atoms with Crippen molar-refractivity contribution in [2.45, 2.75) is 57.8 Å². The quantitative estimate of drug-likeness (QED) is 0.240. The van der Waals surface area contributed by atoms with Gasteiger partial charge in [0.05, 0.1) is 28.2 Å². The number of benzene rings is 1. The second-order valence-corrected chi connectivity index (χ2v) is 13.2. The molecule has 2 bridgehead atoms. The zero-order valence-electron chi connectivity index (χ0n) is 27.8. The van der Waals surface area contributed by atoms with Crippen molar-refractivity contribution in [3.63, 3.8) is 0 Å². The Bertz CT molecular complexity index is 2100. The molecule has 0 spiro atoms. The molecule has 2 aliphatic heterocycles. The maximum absolute atomic E-state index is 16.4. The van der Waals surface area contributed by atoms with E-state index in [-0.39, 0.29) is 76.3 Å². The number of halogens is 2. The summed E-state index contributed by atoms with van der Waals surface area (Å²) in [5.41, 5.74) is -0.836. The number of hydrogen-bond donors (Lipinski definition) is 1. The van der Waals surface area contributed by atoms with Gasteiger partial charge >= 0.3 is 11.7 Å². The van der Waals surface area contributed by atoms with Crippen LogP contribution < -0.4 is 15.3 Å². The van der Waals surface area contributed by atoms with Gasteiger partial charge in [0.2, 0.25) is 5.91 Å². The van der Waals surface area contributed by atoms with Gasteiger partial charge in [-0.1, -0.05) is 26.5 Å². The number of fused-ring (bicyclic) bond motifs is 5. The topological polar surface area (TPSA) is 140 Å². The molecule has 2 unspecified atom stereocenters. The van der Waals surface area contributed by atoms with E-state index < -0.39 is 47.8 Å². The summed E-state index contributed by atoms with van der Waals surface area (Å²) in [7, 11) is 0. The molecule has 3 aromatic heterocycles. The van der Waals surface area contributed by atoms with Crippen molar-refractivity contribution in [2.24, 2.45) is 5.92 Å². The van der Waals surface area contributed by atoms with Gasteiger partial charge in [0, 0.05) is 37.4 Å². The number of amides is 1. The number of carbonyl (C=O) groups is 2. The molecule has 3 aliphatic rings. The molecule has 0 radical (unpaired) electrons. The van der Waals surface area contributed by atoms with Crippen molar-refractivity contribution in [3.8, 4) is 22.7 Å². The molecule has 50 heavy (non-hydrogen) atoms. The van der Waals surface area contributed by atoms with E-state index in [4.69, 9.17) is 9.47 Å². The predicted octanol–water partition coefficient (Wildman–Crippen LogP) is 4.22. The summed E-state index contributed by atoms with van der Waals surface area (Å²) in [5.74, 6) is -3.12. The number of rotatable bonds is 5. The molecular weight excluding hydrogens is 650 g/mol. The molecular formula is C36H36F2N6O6. The first-order chi connectivity index (χ1) is 24.0. The van der Waals surface area contributed by atoms with Crippen LogP contribution in [-0.2, 0) is 14.3 Å². The Morgan fingerprint density at radius 2 is 1.92 bits per heavy atom. The van der Waals surface area contributed by atoms with Gasteiger partial charge < -0.3 is 24.4 Å². The molecule has 260 valence electrons. The van der Waals surface area contributed by atoms with Crippen LogP contribution >= 0.6 is 0 Å². The lowest BCUT2D eigenvalue weighted by molar-refractivity contribution is -0.158. The van der Waals surface area contributed by atoms with Crippen molar-refractivity contribution in [1.29, 1.82) is 0 Å². The lowest BCUT2D eigenvalue weighted by Crippen LogP contribution is -2.54. The molecule has 7 rings (SSSR count). The summed E-state index contributed by atoms with van der Waals surface area (Å²) in [6.45, 7) is 9.51. The molecule has 1 saturated carbocycles. The van der Waals surface area contributed by atoms with Crippen molar-refractivity contribution >= 4 is 28.7 Å². The fraction of sp³-hybridized carbons (Fsp3) is 0.389. The maximum atomic E-state index is 16.4. The second-order valence-electron chi connectivity index (χ2n) is 13.2. The molecule has 12 nitrogen and oxygen atoms in total. The highest BCUT2D eigenvalue weighted by Crippen LogP contribution is 2.41. The molecule has 1 amide bonds. The maximum Gasteiger partial charge on any atom is 0.355 e. The standard InChI is InChI=1S/C36H36F2N6O6/c1-5-27(46)42-13-14-43(19(4)16-42)33-22-15-24(38)30-28-23(37)7-6-8-26(28)49-17-25(45)32(50-35(47)20-9-10-20)21-11-12-39-29(18(2)3)31(21)44(34(22)40-30)36(48)41-33/h5-8,11-12,15,18-20,25,32,45H,1,9-10,13-14,16-17H2,2-4H3/t19-,25?,32?/m0/s1. The van der Waals surface area contributed by atoms with Crippen LogP contribution in [0.25, 0.3) is 28.0 Å². The average Bonchev–Trinajstić information content (AvgIpc) is 3.94. The average molecular weight is 687 g/mol. The largest absolute Gasteiger partial charge is 0.490 e. The van der Waals surface area contributed by atoms with E-state index in [1.807, 2.05) is 20.8 Å². The van der Waals surface area contributed by atoms with Crippen molar-refractivity contribution in [1.82, 2.24) is 24.4 Å². The molecule has 3 atom stereocenters. The smallest absolute Gasteiger partial charge is 0.355 e. The molecule has 1 N–H and O–H groups in total. The molecule has 4 aromatic rings. The summed E-state index contributed by atoms with van der Waals surface area (Å²) in [6, 6.07) is 6.28. The van der Waals surface area contributed by atoms with E-state index in [0.717, 1.165) is 12.1 Å². The Kier molecular flexibility index (Phi) is 8.58. The Morgan fingerprint density at radius 3 is 2.62 bits per heavy atom. The Hall–Kier alpha value is -5.24.